The van der Waals surface area contributed by atoms with Gasteiger partial charge in [0.2, 0.25) is 0 Å². The lowest BCUT2D eigenvalue weighted by Crippen LogP contribution is -2.29. The molecule has 226 valence electrons. The van der Waals surface area contributed by atoms with E-state index in [0.29, 0.717) is 17.9 Å². The van der Waals surface area contributed by atoms with Crippen LogP contribution in [-0.2, 0) is 0 Å². The highest BCUT2D eigenvalue weighted by Crippen LogP contribution is 2.51. The van der Waals surface area contributed by atoms with Crippen molar-refractivity contribution in [3.8, 4) is 17.8 Å². The number of hydrogen-bond acceptors (Lipinski definition) is 3. The van der Waals surface area contributed by atoms with Crippen molar-refractivity contribution < 1.29 is 0 Å². The normalized spacial score (nSPS) is 19.4. The number of benzene rings is 5. The zero-order valence-electron chi connectivity index (χ0n) is 26.2. The third-order valence-electron chi connectivity index (χ3n) is 10.2. The van der Waals surface area contributed by atoms with Gasteiger partial charge in [0.25, 0.3) is 0 Å². The second-order valence-electron chi connectivity index (χ2n) is 12.7. The summed E-state index contributed by atoms with van der Waals surface area (Å²) in [7, 11) is 0. The average Bonchev–Trinajstić information content (AvgIpc) is 3.68. The fraction of sp³-hybridized carbons (Fsp3) is 0.0909. The lowest BCUT2D eigenvalue weighted by atomic mass is 9.78. The van der Waals surface area contributed by atoms with E-state index < -0.39 is 0 Å². The van der Waals surface area contributed by atoms with Crippen LogP contribution in [0.3, 0.4) is 0 Å². The van der Waals surface area contributed by atoms with Gasteiger partial charge in [-0.25, -0.2) is 0 Å². The Hall–Kier alpha value is -6.36. The van der Waals surface area contributed by atoms with Crippen LogP contribution in [0.25, 0.3) is 33.1 Å². The first-order valence-corrected chi connectivity index (χ1v) is 16.4. The maximum Gasteiger partial charge on any atom is 0.0998 e. The quantitative estimate of drug-likeness (QED) is 0.199. The van der Waals surface area contributed by atoms with Crippen LogP contribution in [0.1, 0.15) is 40.5 Å². The number of aromatic nitrogens is 1. The molecule has 2 heterocycles. The standard InChI is InChI=1S/C44H30N4/c45-27-29-20-25-33(30-21-23-32(24-22-30)47-42-18-8-4-14-37(42)44-31(28-46)10-9-19-43(44)47)38(26-29)36-13-3-7-17-41(36)48-39-15-5-1-11-34(39)35-12-2-6-16-40(35)48/h1-25,34,38-39H,26H2. The minimum atomic E-state index is 0.00690. The van der Waals surface area contributed by atoms with Gasteiger partial charge in [0, 0.05) is 45.2 Å². The Morgan fingerprint density at radius 3 is 2.15 bits per heavy atom. The number of rotatable bonds is 4. The molecule has 4 nitrogen and oxygen atoms in total. The van der Waals surface area contributed by atoms with Crippen molar-refractivity contribution in [2.24, 2.45) is 0 Å². The second kappa shape index (κ2) is 11.2. The highest BCUT2D eigenvalue weighted by atomic mass is 15.2. The fourth-order valence-corrected chi connectivity index (χ4v) is 8.13. The molecule has 1 aromatic heterocycles. The first-order chi connectivity index (χ1) is 23.7. The van der Waals surface area contributed by atoms with Crippen molar-refractivity contribution in [1.82, 2.24) is 4.57 Å². The number of allylic oxidation sites excluding steroid dienone is 6. The van der Waals surface area contributed by atoms with E-state index in [1.165, 1.54) is 28.1 Å². The molecule has 1 aliphatic heterocycles. The molecule has 0 amide bonds. The molecule has 5 aromatic carbocycles. The highest BCUT2D eigenvalue weighted by molar-refractivity contribution is 6.11. The van der Waals surface area contributed by atoms with Crippen molar-refractivity contribution in [3.63, 3.8) is 0 Å². The minimum absolute atomic E-state index is 0.00690. The van der Waals surface area contributed by atoms with Gasteiger partial charge in [-0.1, -0.05) is 103 Å². The Morgan fingerprint density at radius 1 is 0.625 bits per heavy atom. The van der Waals surface area contributed by atoms with Gasteiger partial charge in [0.05, 0.1) is 34.8 Å². The smallest absolute Gasteiger partial charge is 0.0998 e. The first-order valence-electron chi connectivity index (χ1n) is 16.4. The second-order valence-corrected chi connectivity index (χ2v) is 12.7. The summed E-state index contributed by atoms with van der Waals surface area (Å²) in [6.07, 6.45) is 13.7. The number of nitrogens with zero attached hydrogens (tertiary/aromatic N) is 4. The Bertz CT molecular complexity index is 2470. The van der Waals surface area contributed by atoms with Crippen LogP contribution in [0.2, 0.25) is 0 Å². The Morgan fingerprint density at radius 2 is 1.33 bits per heavy atom. The van der Waals surface area contributed by atoms with Gasteiger partial charge in [-0.3, -0.25) is 0 Å². The van der Waals surface area contributed by atoms with Crippen LogP contribution in [0.5, 0.6) is 0 Å². The van der Waals surface area contributed by atoms with E-state index in [-0.39, 0.29) is 12.0 Å². The molecular weight excluding hydrogens is 585 g/mol. The predicted octanol–water partition coefficient (Wildman–Crippen LogP) is 10.4. The molecule has 3 aliphatic rings. The van der Waals surface area contributed by atoms with Crippen molar-refractivity contribution in [2.45, 2.75) is 24.3 Å². The first kappa shape index (κ1) is 27.9. The van der Waals surface area contributed by atoms with E-state index in [0.717, 1.165) is 38.6 Å². The van der Waals surface area contributed by atoms with E-state index in [1.54, 1.807) is 0 Å². The average molecular weight is 615 g/mol. The molecule has 0 saturated heterocycles. The molecule has 48 heavy (non-hydrogen) atoms. The SMILES string of the molecule is N#CC1=CC=C(c2ccc(-n3c4ccccc4c4c(C#N)cccc43)cc2)C(c2ccccc2N2c3ccccc3C3C=CC=CC32)C1. The number of fused-ring (bicyclic) bond motifs is 6. The van der Waals surface area contributed by atoms with Crippen LogP contribution < -0.4 is 4.90 Å². The van der Waals surface area contributed by atoms with E-state index >= 15 is 0 Å². The monoisotopic (exact) mass is 614 g/mol. The van der Waals surface area contributed by atoms with E-state index in [4.69, 9.17) is 0 Å². The Balaban J connectivity index is 1.15. The van der Waals surface area contributed by atoms with Gasteiger partial charge in [0.15, 0.2) is 0 Å². The molecule has 4 heteroatoms. The summed E-state index contributed by atoms with van der Waals surface area (Å²) in [5.74, 6) is 0.306. The van der Waals surface area contributed by atoms with Crippen LogP contribution in [0.15, 0.2) is 157 Å². The summed E-state index contributed by atoms with van der Waals surface area (Å²) in [6, 6.07) is 45.5. The maximum absolute atomic E-state index is 10.0. The number of anilines is 2. The van der Waals surface area contributed by atoms with Crippen LogP contribution in [0.4, 0.5) is 11.4 Å². The summed E-state index contributed by atoms with van der Waals surface area (Å²) < 4.78 is 2.25. The van der Waals surface area contributed by atoms with Crippen molar-refractivity contribution in [1.29, 1.82) is 10.5 Å². The third kappa shape index (κ3) is 4.20. The molecule has 3 atom stereocenters. The number of nitriles is 2. The van der Waals surface area contributed by atoms with Crippen molar-refractivity contribution in [2.75, 3.05) is 4.90 Å². The van der Waals surface area contributed by atoms with E-state index in [2.05, 4.69) is 143 Å². The van der Waals surface area contributed by atoms with Crippen LogP contribution >= 0.6 is 0 Å². The van der Waals surface area contributed by atoms with Gasteiger partial charge in [-0.15, -0.1) is 0 Å². The Kier molecular flexibility index (Phi) is 6.49. The lowest BCUT2D eigenvalue weighted by molar-refractivity contribution is 0.737. The molecule has 0 bridgehead atoms. The van der Waals surface area contributed by atoms with Crippen molar-refractivity contribution >= 4 is 38.8 Å². The molecular formula is C44H30N4. The number of hydrogen-bond donors (Lipinski definition) is 0. The van der Waals surface area contributed by atoms with Gasteiger partial charge in [-0.2, -0.15) is 10.5 Å². The molecule has 0 saturated carbocycles. The topological polar surface area (TPSA) is 55.8 Å². The lowest BCUT2D eigenvalue weighted by Gasteiger charge is -2.33. The molecule has 0 N–H and O–H groups in total. The predicted molar refractivity (Wildman–Crippen MR) is 194 cm³/mol. The highest BCUT2D eigenvalue weighted by Gasteiger charge is 2.39. The minimum Gasteiger partial charge on any atom is -0.333 e. The number of para-hydroxylation sites is 3. The summed E-state index contributed by atoms with van der Waals surface area (Å²) in [4.78, 5) is 2.50. The van der Waals surface area contributed by atoms with E-state index in [1.807, 2.05) is 30.3 Å². The molecule has 3 unspecified atom stereocenters. The van der Waals surface area contributed by atoms with Crippen molar-refractivity contribution in [3.05, 3.63) is 180 Å². The maximum atomic E-state index is 10.0. The summed E-state index contributed by atoms with van der Waals surface area (Å²) in [5.41, 5.74) is 11.9. The molecule has 9 rings (SSSR count). The van der Waals surface area contributed by atoms with E-state index in [9.17, 15) is 10.5 Å². The molecule has 0 radical (unpaired) electrons. The fourth-order valence-electron chi connectivity index (χ4n) is 8.13. The van der Waals surface area contributed by atoms with Gasteiger partial charge in [-0.05, 0) is 77.2 Å². The van der Waals surface area contributed by atoms with Gasteiger partial charge >= 0.3 is 0 Å². The van der Waals surface area contributed by atoms with Crippen LogP contribution in [-0.4, -0.2) is 10.6 Å². The molecule has 0 fully saturated rings. The molecule has 2 aliphatic carbocycles. The summed E-state index contributed by atoms with van der Waals surface area (Å²) in [5, 5.41) is 22.0. The zero-order chi connectivity index (χ0) is 32.2. The summed E-state index contributed by atoms with van der Waals surface area (Å²) >= 11 is 0. The largest absolute Gasteiger partial charge is 0.333 e. The van der Waals surface area contributed by atoms with Crippen LogP contribution in [0, 0.1) is 22.7 Å². The molecule has 6 aromatic rings. The summed E-state index contributed by atoms with van der Waals surface area (Å²) in [6.45, 7) is 0. The zero-order valence-corrected chi connectivity index (χ0v) is 26.2. The molecule has 0 spiro atoms. The Labute approximate surface area is 279 Å². The third-order valence-corrected chi connectivity index (χ3v) is 10.2. The van der Waals surface area contributed by atoms with Gasteiger partial charge in [0.1, 0.15) is 0 Å². The van der Waals surface area contributed by atoms with Gasteiger partial charge < -0.3 is 9.47 Å².